The average Bonchev–Trinajstić information content (AvgIpc) is 3.17. The van der Waals surface area contributed by atoms with Crippen molar-refractivity contribution in [3.05, 3.63) is 42.5 Å². The Labute approximate surface area is 174 Å². The largest absolute Gasteiger partial charge is 0.447 e. The fraction of sp³-hybridized carbons (Fsp3) is 0.381. The van der Waals surface area contributed by atoms with Gasteiger partial charge in [0.05, 0.1) is 24.2 Å². The van der Waals surface area contributed by atoms with Crippen LogP contribution in [-0.4, -0.2) is 55.6 Å². The molecule has 0 aliphatic carbocycles. The highest BCUT2D eigenvalue weighted by atomic mass is 16.6. The summed E-state index contributed by atoms with van der Waals surface area (Å²) in [5.74, 6) is 0.555. The van der Waals surface area contributed by atoms with Crippen LogP contribution in [0.1, 0.15) is 32.4 Å². The number of aromatic nitrogens is 4. The van der Waals surface area contributed by atoms with Gasteiger partial charge in [-0.15, -0.1) is 0 Å². The van der Waals surface area contributed by atoms with Crippen molar-refractivity contribution in [2.45, 2.75) is 38.8 Å². The topological polar surface area (TPSA) is 108 Å². The van der Waals surface area contributed by atoms with Crippen LogP contribution in [0.3, 0.4) is 0 Å². The number of anilines is 1. The maximum Gasteiger partial charge on any atom is 0.410 e. The molecule has 9 heteroatoms. The SMILES string of the molecule is CC(C)OC(=O)N1CCC[C@@H](Nc2cnc(C#N)c(-c3cnc4ccccn34)n2)C1. The van der Waals surface area contributed by atoms with Gasteiger partial charge >= 0.3 is 6.09 Å². The van der Waals surface area contributed by atoms with E-state index in [2.05, 4.69) is 26.3 Å². The average molecular weight is 405 g/mol. The zero-order valence-electron chi connectivity index (χ0n) is 16.9. The molecule has 4 heterocycles. The number of ether oxygens (including phenoxy) is 1. The van der Waals surface area contributed by atoms with Gasteiger partial charge in [-0.1, -0.05) is 6.07 Å². The summed E-state index contributed by atoms with van der Waals surface area (Å²) in [6, 6.07) is 7.82. The van der Waals surface area contributed by atoms with Crippen molar-refractivity contribution in [3.63, 3.8) is 0 Å². The van der Waals surface area contributed by atoms with E-state index in [1.807, 2.05) is 42.6 Å². The molecule has 0 aromatic carbocycles. The van der Waals surface area contributed by atoms with Gasteiger partial charge in [-0.3, -0.25) is 4.40 Å². The van der Waals surface area contributed by atoms with Crippen molar-refractivity contribution in [2.24, 2.45) is 0 Å². The highest BCUT2D eigenvalue weighted by Crippen LogP contribution is 2.24. The molecule has 0 unspecified atom stereocenters. The maximum atomic E-state index is 12.2. The summed E-state index contributed by atoms with van der Waals surface area (Å²) in [5, 5.41) is 12.9. The first-order valence-corrected chi connectivity index (χ1v) is 9.97. The van der Waals surface area contributed by atoms with Crippen LogP contribution in [0, 0.1) is 11.3 Å². The Hall–Kier alpha value is -3.67. The number of nitriles is 1. The van der Waals surface area contributed by atoms with Gasteiger partial charge in [0.25, 0.3) is 0 Å². The number of carbonyl (C=O) groups is 1. The summed E-state index contributed by atoms with van der Waals surface area (Å²) in [6.45, 7) is 4.88. The fourth-order valence-electron chi connectivity index (χ4n) is 3.57. The third-order valence-electron chi connectivity index (χ3n) is 4.91. The van der Waals surface area contributed by atoms with E-state index in [1.165, 1.54) is 0 Å². The fourth-order valence-corrected chi connectivity index (χ4v) is 3.57. The van der Waals surface area contributed by atoms with E-state index in [-0.39, 0.29) is 23.9 Å². The molecule has 1 aliphatic rings. The number of likely N-dealkylation sites (tertiary alicyclic amines) is 1. The lowest BCUT2D eigenvalue weighted by molar-refractivity contribution is 0.0695. The predicted octanol–water partition coefficient (Wildman–Crippen LogP) is 3.08. The molecule has 1 N–H and O–H groups in total. The summed E-state index contributed by atoms with van der Waals surface area (Å²) >= 11 is 0. The number of fused-ring (bicyclic) bond motifs is 1. The first-order valence-electron chi connectivity index (χ1n) is 9.97. The van der Waals surface area contributed by atoms with Crippen LogP contribution >= 0.6 is 0 Å². The molecule has 0 radical (unpaired) electrons. The van der Waals surface area contributed by atoms with Gasteiger partial charge in [-0.25, -0.2) is 19.7 Å². The van der Waals surface area contributed by atoms with Crippen molar-refractivity contribution in [1.82, 2.24) is 24.3 Å². The summed E-state index contributed by atoms with van der Waals surface area (Å²) in [7, 11) is 0. The number of hydrogen-bond acceptors (Lipinski definition) is 7. The first-order chi connectivity index (χ1) is 14.5. The van der Waals surface area contributed by atoms with E-state index in [4.69, 9.17) is 4.74 Å². The molecule has 1 atom stereocenters. The van der Waals surface area contributed by atoms with Gasteiger partial charge in [0, 0.05) is 25.3 Å². The van der Waals surface area contributed by atoms with E-state index in [0.29, 0.717) is 30.3 Å². The van der Waals surface area contributed by atoms with Crippen molar-refractivity contribution >= 4 is 17.6 Å². The summed E-state index contributed by atoms with van der Waals surface area (Å²) in [6.07, 6.45) is 6.44. The Kier molecular flexibility index (Phi) is 5.48. The predicted molar refractivity (Wildman–Crippen MR) is 111 cm³/mol. The van der Waals surface area contributed by atoms with Gasteiger partial charge < -0.3 is 15.0 Å². The highest BCUT2D eigenvalue weighted by Gasteiger charge is 2.26. The zero-order chi connectivity index (χ0) is 21.1. The molecule has 0 spiro atoms. The summed E-state index contributed by atoms with van der Waals surface area (Å²) < 4.78 is 7.19. The Morgan fingerprint density at radius 2 is 2.20 bits per heavy atom. The van der Waals surface area contributed by atoms with Crippen LogP contribution < -0.4 is 5.32 Å². The van der Waals surface area contributed by atoms with Crippen molar-refractivity contribution in [1.29, 1.82) is 5.26 Å². The van der Waals surface area contributed by atoms with Crippen LogP contribution in [0.2, 0.25) is 0 Å². The minimum Gasteiger partial charge on any atom is -0.447 e. The molecule has 9 nitrogen and oxygen atoms in total. The first kappa shape index (κ1) is 19.6. The lowest BCUT2D eigenvalue weighted by Crippen LogP contribution is -2.46. The maximum absolute atomic E-state index is 12.2. The molecule has 1 aliphatic heterocycles. The number of hydrogen-bond donors (Lipinski definition) is 1. The van der Waals surface area contributed by atoms with E-state index in [1.54, 1.807) is 17.3 Å². The van der Waals surface area contributed by atoms with E-state index in [0.717, 1.165) is 18.5 Å². The number of carbonyl (C=O) groups excluding carboxylic acids is 1. The lowest BCUT2D eigenvalue weighted by Gasteiger charge is -2.33. The van der Waals surface area contributed by atoms with Gasteiger partial charge in [0.2, 0.25) is 0 Å². The van der Waals surface area contributed by atoms with Gasteiger partial charge in [-0.05, 0) is 38.8 Å². The summed E-state index contributed by atoms with van der Waals surface area (Å²) in [5.41, 5.74) is 2.16. The number of pyridine rings is 1. The number of amides is 1. The molecule has 1 amide bonds. The molecular weight excluding hydrogens is 382 g/mol. The standard InChI is InChI=1S/C21H23N7O2/c1-14(2)30-21(29)27-8-5-6-15(13-27)25-18-12-23-16(10-22)20(26-18)17-11-24-19-7-3-4-9-28(17)19/h3-4,7,9,11-12,14-15H,5-6,8,13H2,1-2H3,(H,25,26)/t15-/m1/s1. The van der Waals surface area contributed by atoms with E-state index < -0.39 is 0 Å². The number of rotatable bonds is 4. The van der Waals surface area contributed by atoms with Crippen molar-refractivity contribution in [2.75, 3.05) is 18.4 Å². The Morgan fingerprint density at radius 1 is 1.33 bits per heavy atom. The van der Waals surface area contributed by atoms with Crippen LogP contribution in [0.4, 0.5) is 10.6 Å². The number of imidazole rings is 1. The molecule has 4 rings (SSSR count). The van der Waals surface area contributed by atoms with E-state index >= 15 is 0 Å². The third-order valence-corrected chi connectivity index (χ3v) is 4.91. The number of piperidine rings is 1. The molecule has 1 fully saturated rings. The van der Waals surface area contributed by atoms with Crippen LogP contribution in [0.15, 0.2) is 36.8 Å². The van der Waals surface area contributed by atoms with Crippen molar-refractivity contribution in [3.8, 4) is 17.5 Å². The Balaban J connectivity index is 1.57. The lowest BCUT2D eigenvalue weighted by atomic mass is 10.1. The monoisotopic (exact) mass is 405 g/mol. The highest BCUT2D eigenvalue weighted by molar-refractivity contribution is 5.68. The minimum atomic E-state index is -0.297. The quantitative estimate of drug-likeness (QED) is 0.710. The minimum absolute atomic E-state index is 0.0238. The number of nitrogens with one attached hydrogen (secondary N) is 1. The van der Waals surface area contributed by atoms with Gasteiger partial charge in [-0.2, -0.15) is 5.26 Å². The van der Waals surface area contributed by atoms with Gasteiger partial charge in [0.15, 0.2) is 5.69 Å². The second kappa shape index (κ2) is 8.37. The Morgan fingerprint density at radius 3 is 3.00 bits per heavy atom. The smallest absolute Gasteiger partial charge is 0.410 e. The normalized spacial score (nSPS) is 16.5. The van der Waals surface area contributed by atoms with Gasteiger partial charge in [0.1, 0.15) is 23.2 Å². The van der Waals surface area contributed by atoms with E-state index in [9.17, 15) is 10.1 Å². The Bertz CT molecular complexity index is 1100. The summed E-state index contributed by atoms with van der Waals surface area (Å²) in [4.78, 5) is 27.3. The molecule has 30 heavy (non-hydrogen) atoms. The van der Waals surface area contributed by atoms with Crippen LogP contribution in [0.25, 0.3) is 17.0 Å². The molecule has 3 aromatic heterocycles. The van der Waals surface area contributed by atoms with Crippen molar-refractivity contribution < 1.29 is 9.53 Å². The molecule has 0 saturated carbocycles. The van der Waals surface area contributed by atoms with Crippen LogP contribution in [0.5, 0.6) is 0 Å². The molecule has 1 saturated heterocycles. The molecule has 154 valence electrons. The second-order valence-corrected chi connectivity index (χ2v) is 7.50. The zero-order valence-corrected chi connectivity index (χ0v) is 16.9. The molecule has 3 aromatic rings. The molecular formula is C21H23N7O2. The number of nitrogens with zero attached hydrogens (tertiary/aromatic N) is 6. The van der Waals surface area contributed by atoms with Crippen LogP contribution in [-0.2, 0) is 4.74 Å². The molecule has 0 bridgehead atoms. The second-order valence-electron chi connectivity index (χ2n) is 7.50. The third kappa shape index (κ3) is 4.03.